The maximum atomic E-state index is 5.84. The van der Waals surface area contributed by atoms with E-state index in [-0.39, 0.29) is 0 Å². The van der Waals surface area contributed by atoms with Crippen LogP contribution in [0.15, 0.2) is 12.1 Å². The van der Waals surface area contributed by atoms with Crippen molar-refractivity contribution in [2.45, 2.75) is 44.4 Å². The molecule has 0 N–H and O–H groups in total. The third-order valence-corrected chi connectivity index (χ3v) is 6.48. The summed E-state index contributed by atoms with van der Waals surface area (Å²) >= 11 is 0. The van der Waals surface area contributed by atoms with Crippen LogP contribution in [0.2, 0.25) is 0 Å². The van der Waals surface area contributed by atoms with Gasteiger partial charge in [-0.05, 0) is 24.6 Å². The molecule has 5 heteroatoms. The Kier molecular flexibility index (Phi) is 4.42. The van der Waals surface area contributed by atoms with Gasteiger partial charge in [0, 0.05) is 24.8 Å². The van der Waals surface area contributed by atoms with Crippen molar-refractivity contribution in [3.8, 4) is 11.5 Å². The average molecular weight is 348 g/mol. The molecule has 0 amide bonds. The molecule has 0 aliphatic carbocycles. The molecule has 5 nitrogen and oxygen atoms in total. The number of ether oxygens (including phenoxy) is 4. The topological polar surface area (TPSA) is 36.9 Å². The van der Waals surface area contributed by atoms with Crippen molar-refractivity contribution in [1.29, 1.82) is 0 Å². The van der Waals surface area contributed by atoms with E-state index < -0.39 is 5.79 Å². The van der Waals surface area contributed by atoms with Gasteiger partial charge in [-0.1, -0.05) is 0 Å². The monoisotopic (exact) mass is 348 g/mol. The molecule has 0 bridgehead atoms. The molecule has 3 heterocycles. The minimum Gasteiger partial charge on any atom is -0.493 e. The van der Waals surface area contributed by atoms with Crippen LogP contribution >= 0.6 is 0 Å². The Morgan fingerprint density at radius 3 is 2.56 bits per heavy atom. The maximum absolute atomic E-state index is 5.84. The van der Waals surface area contributed by atoms with Crippen LogP contribution in [0.5, 0.6) is 11.5 Å². The summed E-state index contributed by atoms with van der Waals surface area (Å²) < 4.78 is 23.9. The van der Waals surface area contributed by atoms with Crippen LogP contribution < -0.4 is 9.47 Å². The van der Waals surface area contributed by atoms with E-state index in [9.17, 15) is 0 Å². The second-order valence-electron chi connectivity index (χ2n) is 7.78. The number of quaternary nitrogens is 1. The Morgan fingerprint density at radius 2 is 1.84 bits per heavy atom. The van der Waals surface area contributed by atoms with Gasteiger partial charge in [-0.2, -0.15) is 0 Å². The van der Waals surface area contributed by atoms with Gasteiger partial charge < -0.3 is 23.4 Å². The summed E-state index contributed by atoms with van der Waals surface area (Å²) in [6, 6.07) is 4.97. The molecule has 1 aromatic carbocycles. The number of hydrogen-bond donors (Lipinski definition) is 0. The van der Waals surface area contributed by atoms with Crippen molar-refractivity contribution in [3.63, 3.8) is 0 Å². The summed E-state index contributed by atoms with van der Waals surface area (Å²) in [5.74, 6) is 1.31. The van der Waals surface area contributed by atoms with Crippen molar-refractivity contribution in [2.75, 3.05) is 47.1 Å². The molecule has 0 radical (unpaired) electrons. The van der Waals surface area contributed by atoms with Crippen molar-refractivity contribution in [1.82, 2.24) is 0 Å². The lowest BCUT2D eigenvalue weighted by molar-refractivity contribution is -0.948. The predicted octanol–water partition coefficient (Wildman–Crippen LogP) is 3.06. The van der Waals surface area contributed by atoms with Gasteiger partial charge in [-0.15, -0.1) is 0 Å². The van der Waals surface area contributed by atoms with E-state index in [0.29, 0.717) is 6.04 Å². The number of methoxy groups -OCH3 is 2. The van der Waals surface area contributed by atoms with Gasteiger partial charge in [-0.25, -0.2) is 0 Å². The third kappa shape index (κ3) is 2.92. The molecule has 3 aliphatic rings. The molecular weight excluding hydrogens is 318 g/mol. The second-order valence-corrected chi connectivity index (χ2v) is 7.78. The second kappa shape index (κ2) is 6.45. The molecule has 2 fully saturated rings. The highest BCUT2D eigenvalue weighted by molar-refractivity contribution is 5.49. The molecule has 25 heavy (non-hydrogen) atoms. The fourth-order valence-corrected chi connectivity index (χ4v) is 5.06. The van der Waals surface area contributed by atoms with E-state index in [1.807, 2.05) is 0 Å². The maximum Gasteiger partial charge on any atom is 0.171 e. The van der Waals surface area contributed by atoms with Crippen molar-refractivity contribution < 1.29 is 23.4 Å². The van der Waals surface area contributed by atoms with Crippen LogP contribution in [0, 0.1) is 0 Å². The summed E-state index contributed by atoms with van der Waals surface area (Å²) in [4.78, 5) is 0. The zero-order valence-electron chi connectivity index (χ0n) is 15.7. The number of hydrogen-bond acceptors (Lipinski definition) is 4. The van der Waals surface area contributed by atoms with E-state index in [2.05, 4.69) is 19.1 Å². The Morgan fingerprint density at radius 1 is 1.12 bits per heavy atom. The summed E-state index contributed by atoms with van der Waals surface area (Å²) in [5.41, 5.74) is 2.89. The minimum absolute atomic E-state index is 0.391. The highest BCUT2D eigenvalue weighted by Gasteiger charge is 2.48. The SMILES string of the molecule is COc1cc2c(cc1OC)C1CCC[N+]1(CCC1(C)OCCO1)CC2. The molecule has 4 rings (SSSR count). The Balaban J connectivity index is 1.61. The lowest BCUT2D eigenvalue weighted by Gasteiger charge is -2.45. The first kappa shape index (κ1) is 17.1. The van der Waals surface area contributed by atoms with Crippen LogP contribution in [0.4, 0.5) is 0 Å². The highest BCUT2D eigenvalue weighted by Crippen LogP contribution is 2.47. The van der Waals surface area contributed by atoms with Gasteiger partial charge in [0.2, 0.25) is 0 Å². The van der Waals surface area contributed by atoms with E-state index >= 15 is 0 Å². The molecule has 1 aromatic rings. The van der Waals surface area contributed by atoms with Crippen LogP contribution in [-0.4, -0.2) is 57.3 Å². The Bertz CT molecular complexity index is 641. The molecule has 0 aromatic heterocycles. The molecule has 0 spiro atoms. The zero-order chi connectivity index (χ0) is 17.5. The van der Waals surface area contributed by atoms with E-state index in [4.69, 9.17) is 18.9 Å². The fraction of sp³-hybridized carbons (Fsp3) is 0.700. The summed E-state index contributed by atoms with van der Waals surface area (Å²) in [6.45, 7) is 7.11. The summed E-state index contributed by atoms with van der Waals surface area (Å²) in [6.07, 6.45) is 4.61. The third-order valence-electron chi connectivity index (χ3n) is 6.48. The summed E-state index contributed by atoms with van der Waals surface area (Å²) in [7, 11) is 3.44. The van der Waals surface area contributed by atoms with Gasteiger partial charge in [0.05, 0.1) is 53.5 Å². The van der Waals surface area contributed by atoms with Crippen molar-refractivity contribution in [2.24, 2.45) is 0 Å². The predicted molar refractivity (Wildman–Crippen MR) is 95.0 cm³/mol. The first-order valence-electron chi connectivity index (χ1n) is 9.48. The highest BCUT2D eigenvalue weighted by atomic mass is 16.7. The van der Waals surface area contributed by atoms with Gasteiger partial charge in [0.1, 0.15) is 6.04 Å². The minimum atomic E-state index is -0.391. The quantitative estimate of drug-likeness (QED) is 0.767. The first-order valence-corrected chi connectivity index (χ1v) is 9.48. The van der Waals surface area contributed by atoms with Crippen LogP contribution in [0.3, 0.4) is 0 Å². The Labute approximate surface area is 150 Å². The smallest absolute Gasteiger partial charge is 0.171 e. The van der Waals surface area contributed by atoms with E-state index in [1.54, 1.807) is 14.2 Å². The van der Waals surface area contributed by atoms with Crippen molar-refractivity contribution in [3.05, 3.63) is 23.3 Å². The summed E-state index contributed by atoms with van der Waals surface area (Å²) in [5, 5.41) is 0. The number of rotatable bonds is 5. The van der Waals surface area contributed by atoms with Gasteiger partial charge in [-0.3, -0.25) is 0 Å². The molecule has 2 saturated heterocycles. The number of fused-ring (bicyclic) bond motifs is 3. The van der Waals surface area contributed by atoms with E-state index in [0.717, 1.165) is 44.1 Å². The Hall–Kier alpha value is -1.30. The van der Waals surface area contributed by atoms with Gasteiger partial charge in [0.15, 0.2) is 17.3 Å². The molecule has 2 unspecified atom stereocenters. The van der Waals surface area contributed by atoms with Crippen LogP contribution in [0.25, 0.3) is 0 Å². The van der Waals surface area contributed by atoms with Gasteiger partial charge in [0.25, 0.3) is 0 Å². The zero-order valence-corrected chi connectivity index (χ0v) is 15.7. The van der Waals surface area contributed by atoms with Gasteiger partial charge >= 0.3 is 0 Å². The number of benzene rings is 1. The van der Waals surface area contributed by atoms with Crippen LogP contribution in [0.1, 0.15) is 43.4 Å². The lowest BCUT2D eigenvalue weighted by Crippen LogP contribution is -2.53. The first-order chi connectivity index (χ1) is 12.1. The normalized spacial score (nSPS) is 30.0. The standard InChI is InChI=1S/C20H30NO4/c1-20(24-11-12-25-20)7-10-21-8-4-5-17(21)16-14-19(23-3)18(22-2)13-15(16)6-9-21/h13-14,17H,4-12H2,1-3H3/q+1. The largest absolute Gasteiger partial charge is 0.493 e. The molecular formula is C20H30NO4+. The molecule has 138 valence electrons. The number of nitrogens with zero attached hydrogens (tertiary/aromatic N) is 1. The fourth-order valence-electron chi connectivity index (χ4n) is 5.06. The molecule has 0 saturated carbocycles. The average Bonchev–Trinajstić information content (AvgIpc) is 3.26. The lowest BCUT2D eigenvalue weighted by atomic mass is 9.89. The van der Waals surface area contributed by atoms with E-state index in [1.165, 1.54) is 41.5 Å². The molecule has 2 atom stereocenters. The molecule has 3 aliphatic heterocycles. The van der Waals surface area contributed by atoms with Crippen molar-refractivity contribution >= 4 is 0 Å². The van der Waals surface area contributed by atoms with Crippen LogP contribution in [-0.2, 0) is 15.9 Å².